The molecule has 0 aromatic heterocycles. The Hall–Kier alpha value is -1.12. The largest absolute Gasteiger partial charge is 0.355 e. The Balaban J connectivity index is 2.19. The molecule has 0 aromatic carbocycles. The molecule has 5 heteroatoms. The highest BCUT2D eigenvalue weighted by atomic mass is 16.2. The molecule has 0 unspecified atom stereocenters. The first-order valence-corrected chi connectivity index (χ1v) is 7.27. The van der Waals surface area contributed by atoms with Gasteiger partial charge in [-0.05, 0) is 13.3 Å². The second-order valence-corrected chi connectivity index (χ2v) is 5.23. The lowest BCUT2D eigenvalue weighted by Gasteiger charge is -2.37. The van der Waals surface area contributed by atoms with Crippen LogP contribution in [-0.2, 0) is 4.79 Å². The Kier molecular flexibility index (Phi) is 7.46. The van der Waals surface area contributed by atoms with Crippen molar-refractivity contribution in [3.05, 3.63) is 0 Å². The van der Waals surface area contributed by atoms with Gasteiger partial charge >= 0.3 is 0 Å². The molecule has 1 aliphatic rings. The van der Waals surface area contributed by atoms with Crippen LogP contribution in [0.1, 0.15) is 33.1 Å². The van der Waals surface area contributed by atoms with Gasteiger partial charge in [-0.2, -0.15) is 5.26 Å². The zero-order valence-corrected chi connectivity index (χ0v) is 12.2. The van der Waals surface area contributed by atoms with Gasteiger partial charge in [0.2, 0.25) is 5.91 Å². The van der Waals surface area contributed by atoms with Crippen molar-refractivity contribution >= 4 is 5.91 Å². The standard InChI is InChI=1S/C14H26N4O/c1-3-4-7-16-14(19)12-17-8-10-18(11-9-17)13(2)5-6-15/h13H,3-5,7-12H2,1-2H3,(H,16,19)/t13-/m1/s1. The fourth-order valence-corrected chi connectivity index (χ4v) is 2.29. The van der Waals surface area contributed by atoms with E-state index >= 15 is 0 Å². The highest BCUT2D eigenvalue weighted by molar-refractivity contribution is 5.77. The Morgan fingerprint density at radius 1 is 1.37 bits per heavy atom. The van der Waals surface area contributed by atoms with Gasteiger partial charge in [0.25, 0.3) is 0 Å². The number of amides is 1. The van der Waals surface area contributed by atoms with Crippen molar-refractivity contribution < 1.29 is 4.79 Å². The monoisotopic (exact) mass is 266 g/mol. The number of piperazine rings is 1. The Morgan fingerprint density at radius 2 is 2.05 bits per heavy atom. The van der Waals surface area contributed by atoms with Crippen LogP contribution in [0, 0.1) is 11.3 Å². The summed E-state index contributed by atoms with van der Waals surface area (Å²) in [4.78, 5) is 16.2. The van der Waals surface area contributed by atoms with E-state index in [1.54, 1.807) is 0 Å². The maximum Gasteiger partial charge on any atom is 0.234 e. The minimum Gasteiger partial charge on any atom is -0.355 e. The SMILES string of the molecule is CCCCNC(=O)CN1CCN([C@H](C)CC#N)CC1. The molecule has 0 radical (unpaired) electrons. The molecule has 0 spiro atoms. The summed E-state index contributed by atoms with van der Waals surface area (Å²) in [7, 11) is 0. The molecule has 1 amide bonds. The van der Waals surface area contributed by atoms with E-state index in [-0.39, 0.29) is 5.91 Å². The van der Waals surface area contributed by atoms with E-state index in [9.17, 15) is 4.79 Å². The smallest absolute Gasteiger partial charge is 0.234 e. The minimum absolute atomic E-state index is 0.131. The average Bonchev–Trinajstić information content (AvgIpc) is 2.40. The van der Waals surface area contributed by atoms with Gasteiger partial charge in [-0.25, -0.2) is 0 Å². The predicted molar refractivity (Wildman–Crippen MR) is 75.6 cm³/mol. The van der Waals surface area contributed by atoms with Crippen molar-refractivity contribution in [2.75, 3.05) is 39.3 Å². The summed E-state index contributed by atoms with van der Waals surface area (Å²) in [6.45, 7) is 9.23. The van der Waals surface area contributed by atoms with Crippen LogP contribution in [0.3, 0.4) is 0 Å². The Morgan fingerprint density at radius 3 is 2.63 bits per heavy atom. The van der Waals surface area contributed by atoms with E-state index in [2.05, 4.69) is 35.0 Å². The van der Waals surface area contributed by atoms with E-state index in [4.69, 9.17) is 5.26 Å². The molecule has 0 saturated carbocycles. The molecular weight excluding hydrogens is 240 g/mol. The molecule has 0 aliphatic carbocycles. The first kappa shape index (κ1) is 15.9. The van der Waals surface area contributed by atoms with Gasteiger partial charge in [0.1, 0.15) is 0 Å². The van der Waals surface area contributed by atoms with E-state index < -0.39 is 0 Å². The van der Waals surface area contributed by atoms with Crippen LogP contribution in [0.2, 0.25) is 0 Å². The maximum absolute atomic E-state index is 11.7. The molecule has 1 aliphatic heterocycles. The number of nitriles is 1. The molecule has 0 aromatic rings. The summed E-state index contributed by atoms with van der Waals surface area (Å²) in [6, 6.07) is 2.54. The fourth-order valence-electron chi connectivity index (χ4n) is 2.29. The summed E-state index contributed by atoms with van der Waals surface area (Å²) in [5.41, 5.74) is 0. The third-order valence-electron chi connectivity index (χ3n) is 3.64. The second kappa shape index (κ2) is 8.89. The highest BCUT2D eigenvalue weighted by Gasteiger charge is 2.21. The molecule has 1 heterocycles. The van der Waals surface area contributed by atoms with Gasteiger partial charge in [0.15, 0.2) is 0 Å². The van der Waals surface area contributed by atoms with Crippen LogP contribution in [0.15, 0.2) is 0 Å². The van der Waals surface area contributed by atoms with E-state index in [0.29, 0.717) is 19.0 Å². The number of hydrogen-bond donors (Lipinski definition) is 1. The summed E-state index contributed by atoms with van der Waals surface area (Å²) in [6.07, 6.45) is 2.73. The minimum atomic E-state index is 0.131. The zero-order valence-electron chi connectivity index (χ0n) is 12.2. The van der Waals surface area contributed by atoms with Crippen molar-refractivity contribution in [2.45, 2.75) is 39.2 Å². The van der Waals surface area contributed by atoms with Gasteiger partial charge in [-0.3, -0.25) is 14.6 Å². The number of carbonyl (C=O) groups excluding carboxylic acids is 1. The van der Waals surface area contributed by atoms with Crippen molar-refractivity contribution in [3.63, 3.8) is 0 Å². The van der Waals surface area contributed by atoms with E-state index in [1.165, 1.54) is 0 Å². The van der Waals surface area contributed by atoms with Crippen molar-refractivity contribution in [3.8, 4) is 6.07 Å². The van der Waals surface area contributed by atoms with Crippen molar-refractivity contribution in [1.82, 2.24) is 15.1 Å². The first-order chi connectivity index (χ1) is 9.17. The molecule has 108 valence electrons. The van der Waals surface area contributed by atoms with Crippen LogP contribution >= 0.6 is 0 Å². The third kappa shape index (κ3) is 6.04. The molecule has 1 atom stereocenters. The molecule has 0 bridgehead atoms. The normalized spacial score (nSPS) is 18.8. The highest BCUT2D eigenvalue weighted by Crippen LogP contribution is 2.08. The third-order valence-corrected chi connectivity index (χ3v) is 3.64. The maximum atomic E-state index is 11.7. The van der Waals surface area contributed by atoms with Gasteiger partial charge in [0, 0.05) is 38.8 Å². The fraction of sp³-hybridized carbons (Fsp3) is 0.857. The lowest BCUT2D eigenvalue weighted by atomic mass is 10.2. The number of carbonyl (C=O) groups is 1. The summed E-state index contributed by atoms with van der Waals surface area (Å²) in [5.74, 6) is 0.131. The van der Waals surface area contributed by atoms with Crippen molar-refractivity contribution in [1.29, 1.82) is 5.26 Å². The molecule has 1 saturated heterocycles. The summed E-state index contributed by atoms with van der Waals surface area (Å²) >= 11 is 0. The quantitative estimate of drug-likeness (QED) is 0.693. The van der Waals surface area contributed by atoms with Gasteiger partial charge in [0.05, 0.1) is 19.0 Å². The molecule has 5 nitrogen and oxygen atoms in total. The lowest BCUT2D eigenvalue weighted by Crippen LogP contribution is -2.51. The molecule has 1 rings (SSSR count). The Bertz CT molecular complexity index is 305. The number of nitrogens with zero attached hydrogens (tertiary/aromatic N) is 3. The second-order valence-electron chi connectivity index (χ2n) is 5.23. The molecule has 1 fully saturated rings. The van der Waals surface area contributed by atoms with Crippen LogP contribution in [0.5, 0.6) is 0 Å². The molecular formula is C14H26N4O. The number of hydrogen-bond acceptors (Lipinski definition) is 4. The summed E-state index contributed by atoms with van der Waals surface area (Å²) < 4.78 is 0. The number of rotatable bonds is 7. The van der Waals surface area contributed by atoms with Crippen LogP contribution < -0.4 is 5.32 Å². The Labute approximate surface area is 116 Å². The van der Waals surface area contributed by atoms with Crippen LogP contribution in [-0.4, -0.2) is 61.0 Å². The number of nitrogens with one attached hydrogen (secondary N) is 1. The zero-order chi connectivity index (χ0) is 14.1. The predicted octanol–water partition coefficient (Wildman–Crippen LogP) is 0.822. The average molecular weight is 266 g/mol. The number of unbranched alkanes of at least 4 members (excludes halogenated alkanes) is 1. The van der Waals surface area contributed by atoms with Crippen LogP contribution in [0.25, 0.3) is 0 Å². The summed E-state index contributed by atoms with van der Waals surface area (Å²) in [5, 5.41) is 11.6. The van der Waals surface area contributed by atoms with Crippen LogP contribution in [0.4, 0.5) is 0 Å². The topological polar surface area (TPSA) is 59.4 Å². The molecule has 1 N–H and O–H groups in total. The molecule has 19 heavy (non-hydrogen) atoms. The van der Waals surface area contributed by atoms with E-state index in [0.717, 1.165) is 45.6 Å². The van der Waals surface area contributed by atoms with Crippen molar-refractivity contribution in [2.24, 2.45) is 0 Å². The van der Waals surface area contributed by atoms with Gasteiger partial charge < -0.3 is 5.32 Å². The van der Waals surface area contributed by atoms with Gasteiger partial charge in [-0.15, -0.1) is 0 Å². The van der Waals surface area contributed by atoms with E-state index in [1.807, 2.05) is 0 Å². The lowest BCUT2D eigenvalue weighted by molar-refractivity contribution is -0.122. The van der Waals surface area contributed by atoms with Gasteiger partial charge in [-0.1, -0.05) is 13.3 Å². The first-order valence-electron chi connectivity index (χ1n) is 7.27.